The lowest BCUT2D eigenvalue weighted by Crippen LogP contribution is -2.52. The molecule has 4 heteroatoms. The number of benzene rings is 2. The van der Waals surface area contributed by atoms with Crippen LogP contribution in [0.15, 0.2) is 88.5 Å². The molecule has 1 aliphatic heterocycles. The number of amides is 1. The fraction of sp³-hybridized carbons (Fsp3) is 0.0909. The molecule has 0 aromatic heterocycles. The molecule has 2 aromatic carbocycles. The Bertz CT molecular complexity index is 960. The topological polar surface area (TPSA) is 37.4 Å². The number of ketones is 1. The van der Waals surface area contributed by atoms with Gasteiger partial charge in [0.05, 0.1) is 3.58 Å². The van der Waals surface area contributed by atoms with Gasteiger partial charge in [-0.3, -0.25) is 9.59 Å². The highest BCUT2D eigenvalue weighted by Crippen LogP contribution is 2.47. The molecule has 3 nitrogen and oxygen atoms in total. The minimum Gasteiger partial charge on any atom is -0.313 e. The summed E-state index contributed by atoms with van der Waals surface area (Å²) in [5.74, 6) is -0.198. The Hall–Kier alpha value is -2.47. The quantitative estimate of drug-likeness (QED) is 0.650. The van der Waals surface area contributed by atoms with Gasteiger partial charge in [-0.25, -0.2) is 0 Å². The number of carbonyl (C=O) groups excluding carboxylic acids is 2. The molecular formula is C22H16INO2. The Morgan fingerprint density at radius 3 is 2.19 bits per heavy atom. The normalized spacial score (nSPS) is 22.0. The monoisotopic (exact) mass is 453 g/mol. The molecule has 0 saturated heterocycles. The molecule has 2 aromatic rings. The molecule has 0 bridgehead atoms. The van der Waals surface area contributed by atoms with Crippen molar-refractivity contribution in [1.29, 1.82) is 0 Å². The first-order chi connectivity index (χ1) is 12.6. The fourth-order valence-corrected chi connectivity index (χ4v) is 4.59. The summed E-state index contributed by atoms with van der Waals surface area (Å²) in [7, 11) is 0. The van der Waals surface area contributed by atoms with Crippen LogP contribution in [0.25, 0.3) is 5.57 Å². The van der Waals surface area contributed by atoms with Crippen molar-refractivity contribution in [3.05, 3.63) is 99.7 Å². The smallest absolute Gasteiger partial charge is 0.262 e. The summed E-state index contributed by atoms with van der Waals surface area (Å²) in [6, 6.07) is 19.5. The predicted molar refractivity (Wildman–Crippen MR) is 110 cm³/mol. The summed E-state index contributed by atoms with van der Waals surface area (Å²) in [6.45, 7) is 0.381. The summed E-state index contributed by atoms with van der Waals surface area (Å²) in [4.78, 5) is 28.0. The molecule has 128 valence electrons. The van der Waals surface area contributed by atoms with Crippen molar-refractivity contribution in [2.45, 2.75) is 12.1 Å². The molecule has 1 amide bonds. The lowest BCUT2D eigenvalue weighted by Gasteiger charge is -2.37. The van der Waals surface area contributed by atoms with Gasteiger partial charge in [0.1, 0.15) is 0 Å². The van der Waals surface area contributed by atoms with E-state index in [-0.39, 0.29) is 11.7 Å². The van der Waals surface area contributed by atoms with E-state index in [0.29, 0.717) is 10.1 Å². The van der Waals surface area contributed by atoms with E-state index in [2.05, 4.69) is 22.6 Å². The van der Waals surface area contributed by atoms with Gasteiger partial charge < -0.3 is 4.90 Å². The van der Waals surface area contributed by atoms with E-state index in [9.17, 15) is 9.59 Å². The SMILES string of the molecule is O=C1C(I)=C(c2ccccc2)C2(C=CC=CC2=O)N1Cc1ccccc1. The summed E-state index contributed by atoms with van der Waals surface area (Å²) in [5, 5.41) is 0. The number of hydrogen-bond acceptors (Lipinski definition) is 2. The second kappa shape index (κ2) is 6.68. The van der Waals surface area contributed by atoms with Gasteiger partial charge in [0.15, 0.2) is 11.3 Å². The van der Waals surface area contributed by atoms with Crippen LogP contribution in [0, 0.1) is 0 Å². The van der Waals surface area contributed by atoms with E-state index < -0.39 is 5.54 Å². The first-order valence-corrected chi connectivity index (χ1v) is 9.44. The molecule has 1 heterocycles. The van der Waals surface area contributed by atoms with Crippen molar-refractivity contribution in [3.63, 3.8) is 0 Å². The van der Waals surface area contributed by atoms with Crippen LogP contribution in [0.1, 0.15) is 11.1 Å². The molecule has 0 radical (unpaired) electrons. The standard InChI is InChI=1S/C22H16INO2/c23-20-19(17-11-5-2-6-12-17)22(14-8-7-13-18(22)25)24(21(20)26)15-16-9-3-1-4-10-16/h1-14H,15H2. The van der Waals surface area contributed by atoms with E-state index in [1.807, 2.05) is 72.8 Å². The van der Waals surface area contributed by atoms with Gasteiger partial charge in [0.2, 0.25) is 0 Å². The van der Waals surface area contributed by atoms with Crippen molar-refractivity contribution in [3.8, 4) is 0 Å². The Kier molecular flexibility index (Phi) is 4.36. The molecule has 1 unspecified atom stereocenters. The van der Waals surface area contributed by atoms with Crippen LogP contribution in [0.3, 0.4) is 0 Å². The maximum absolute atomic E-state index is 13.2. The number of nitrogens with zero attached hydrogens (tertiary/aromatic N) is 1. The second-order valence-electron chi connectivity index (χ2n) is 6.28. The van der Waals surface area contributed by atoms with Crippen molar-refractivity contribution < 1.29 is 9.59 Å². The highest BCUT2D eigenvalue weighted by atomic mass is 127. The average molecular weight is 453 g/mol. The van der Waals surface area contributed by atoms with Gasteiger partial charge in [0, 0.05) is 12.1 Å². The van der Waals surface area contributed by atoms with Crippen LogP contribution < -0.4 is 0 Å². The minimum atomic E-state index is -1.08. The number of halogens is 1. The fourth-order valence-electron chi connectivity index (χ4n) is 3.58. The largest absolute Gasteiger partial charge is 0.313 e. The van der Waals surface area contributed by atoms with Gasteiger partial charge in [-0.05, 0) is 45.9 Å². The number of carbonyl (C=O) groups is 2. The van der Waals surface area contributed by atoms with Crippen LogP contribution in [-0.2, 0) is 16.1 Å². The summed E-state index contributed by atoms with van der Waals surface area (Å²) in [6.07, 6.45) is 6.99. The predicted octanol–water partition coefficient (Wildman–Crippen LogP) is 4.31. The lowest BCUT2D eigenvalue weighted by atomic mass is 9.79. The summed E-state index contributed by atoms with van der Waals surface area (Å²) >= 11 is 2.08. The maximum atomic E-state index is 13.2. The summed E-state index contributed by atoms with van der Waals surface area (Å²) < 4.78 is 0.595. The summed E-state index contributed by atoms with van der Waals surface area (Å²) in [5.41, 5.74) is 1.58. The molecule has 1 spiro atoms. The third-order valence-corrected chi connectivity index (χ3v) is 5.78. The van der Waals surface area contributed by atoms with Crippen molar-refractivity contribution in [2.75, 3.05) is 0 Å². The number of allylic oxidation sites excluding steroid dienone is 2. The van der Waals surface area contributed by atoms with Gasteiger partial charge in [0.25, 0.3) is 5.91 Å². The highest BCUT2D eigenvalue weighted by molar-refractivity contribution is 14.1. The van der Waals surface area contributed by atoms with Crippen LogP contribution in [0.4, 0.5) is 0 Å². The van der Waals surface area contributed by atoms with Gasteiger partial charge in [-0.1, -0.05) is 72.8 Å². The molecule has 1 aliphatic carbocycles. The lowest BCUT2D eigenvalue weighted by molar-refractivity contribution is -0.134. The van der Waals surface area contributed by atoms with Crippen LogP contribution in [0.2, 0.25) is 0 Å². The Balaban J connectivity index is 1.89. The Morgan fingerprint density at radius 2 is 1.54 bits per heavy atom. The van der Waals surface area contributed by atoms with Crippen molar-refractivity contribution in [1.82, 2.24) is 4.90 Å². The zero-order chi connectivity index (χ0) is 18.1. The average Bonchev–Trinajstić information content (AvgIpc) is 2.88. The zero-order valence-corrected chi connectivity index (χ0v) is 16.1. The van der Waals surface area contributed by atoms with Gasteiger partial charge in [-0.2, -0.15) is 0 Å². The van der Waals surface area contributed by atoms with Crippen LogP contribution in [-0.4, -0.2) is 22.1 Å². The van der Waals surface area contributed by atoms with E-state index in [1.54, 1.807) is 17.1 Å². The molecule has 2 aliphatic rings. The van der Waals surface area contributed by atoms with Crippen molar-refractivity contribution in [2.24, 2.45) is 0 Å². The third-order valence-electron chi connectivity index (χ3n) is 4.78. The molecule has 0 saturated carbocycles. The third kappa shape index (κ3) is 2.56. The Morgan fingerprint density at radius 1 is 0.885 bits per heavy atom. The first kappa shape index (κ1) is 17.0. The van der Waals surface area contributed by atoms with Gasteiger partial charge in [-0.15, -0.1) is 0 Å². The van der Waals surface area contributed by atoms with Crippen LogP contribution in [0.5, 0.6) is 0 Å². The van der Waals surface area contributed by atoms with Crippen molar-refractivity contribution >= 4 is 39.9 Å². The minimum absolute atomic E-state index is 0.0881. The van der Waals surface area contributed by atoms with E-state index in [0.717, 1.165) is 16.7 Å². The van der Waals surface area contributed by atoms with Gasteiger partial charge >= 0.3 is 0 Å². The number of hydrogen-bond donors (Lipinski definition) is 0. The second-order valence-corrected chi connectivity index (χ2v) is 7.36. The number of rotatable bonds is 3. The first-order valence-electron chi connectivity index (χ1n) is 8.36. The highest BCUT2D eigenvalue weighted by Gasteiger charge is 2.54. The van der Waals surface area contributed by atoms with E-state index in [1.165, 1.54) is 0 Å². The van der Waals surface area contributed by atoms with E-state index >= 15 is 0 Å². The Labute approximate surface area is 165 Å². The molecule has 4 rings (SSSR count). The van der Waals surface area contributed by atoms with E-state index in [4.69, 9.17) is 0 Å². The molecule has 26 heavy (non-hydrogen) atoms. The van der Waals surface area contributed by atoms with Crippen LogP contribution >= 0.6 is 22.6 Å². The molecule has 0 N–H and O–H groups in total. The molecule has 1 atom stereocenters. The molecular weight excluding hydrogens is 437 g/mol. The maximum Gasteiger partial charge on any atom is 0.262 e. The molecule has 0 fully saturated rings. The zero-order valence-electron chi connectivity index (χ0n) is 13.9.